The third kappa shape index (κ3) is 2.50. The maximum Gasteiger partial charge on any atom is 0.233 e. The van der Waals surface area contributed by atoms with E-state index in [-0.39, 0.29) is 0 Å². The summed E-state index contributed by atoms with van der Waals surface area (Å²) in [6, 6.07) is 7.24. The number of carbonyl (C=O) groups is 2. The summed E-state index contributed by atoms with van der Waals surface area (Å²) in [7, 11) is 0. The lowest BCUT2D eigenvalue weighted by Gasteiger charge is -2.17. The van der Waals surface area contributed by atoms with Gasteiger partial charge < -0.3 is 5.32 Å². The molecule has 0 unspecified atom stereocenters. The SMILES string of the molecule is CCCCCNC1=CC(=O)C(=O)c2ccccc21. The number of fused-ring (bicyclic) bond motifs is 1. The van der Waals surface area contributed by atoms with Crippen LogP contribution in [0.1, 0.15) is 42.1 Å². The molecule has 3 heteroatoms. The number of Topliss-reactive ketones (excluding diaryl/α,β-unsaturated/α-hetero) is 1. The number of unbranched alkanes of at least 4 members (excludes halogenated alkanes) is 2. The highest BCUT2D eigenvalue weighted by molar-refractivity contribution is 6.50. The van der Waals surface area contributed by atoms with Crippen LogP contribution in [0.3, 0.4) is 0 Å². The van der Waals surface area contributed by atoms with Crippen molar-refractivity contribution in [3.63, 3.8) is 0 Å². The summed E-state index contributed by atoms with van der Waals surface area (Å²) >= 11 is 0. The van der Waals surface area contributed by atoms with Crippen molar-refractivity contribution in [1.82, 2.24) is 5.32 Å². The molecule has 0 fully saturated rings. The van der Waals surface area contributed by atoms with Crippen LogP contribution in [0.15, 0.2) is 30.3 Å². The summed E-state index contributed by atoms with van der Waals surface area (Å²) in [6.07, 6.45) is 4.80. The number of hydrogen-bond acceptors (Lipinski definition) is 3. The molecule has 0 saturated heterocycles. The normalized spacial score (nSPS) is 14.2. The number of allylic oxidation sites excluding steroid dienone is 1. The van der Waals surface area contributed by atoms with Gasteiger partial charge in [-0.2, -0.15) is 0 Å². The Morgan fingerprint density at radius 2 is 1.78 bits per heavy atom. The fraction of sp³-hybridized carbons (Fsp3) is 0.333. The summed E-state index contributed by atoms with van der Waals surface area (Å²) in [5, 5.41) is 3.25. The summed E-state index contributed by atoms with van der Waals surface area (Å²) < 4.78 is 0. The minimum atomic E-state index is -0.438. The van der Waals surface area contributed by atoms with Gasteiger partial charge in [0.2, 0.25) is 11.6 Å². The molecule has 1 aromatic carbocycles. The van der Waals surface area contributed by atoms with Crippen LogP contribution in [0.25, 0.3) is 5.70 Å². The number of hydrogen-bond donors (Lipinski definition) is 1. The van der Waals surface area contributed by atoms with Gasteiger partial charge in [0.25, 0.3) is 0 Å². The van der Waals surface area contributed by atoms with Crippen LogP contribution in [0.4, 0.5) is 0 Å². The average molecular weight is 243 g/mol. The van der Waals surface area contributed by atoms with Gasteiger partial charge in [0.1, 0.15) is 0 Å². The zero-order chi connectivity index (χ0) is 13.0. The lowest BCUT2D eigenvalue weighted by atomic mass is 9.93. The first-order valence-electron chi connectivity index (χ1n) is 6.37. The number of ketones is 2. The van der Waals surface area contributed by atoms with Gasteiger partial charge in [0.05, 0.1) is 0 Å². The summed E-state index contributed by atoms with van der Waals surface area (Å²) in [5.74, 6) is -0.851. The van der Waals surface area contributed by atoms with Crippen molar-refractivity contribution in [3.05, 3.63) is 41.5 Å². The maximum absolute atomic E-state index is 11.7. The largest absolute Gasteiger partial charge is 0.384 e. The molecule has 0 amide bonds. The topological polar surface area (TPSA) is 46.2 Å². The van der Waals surface area contributed by atoms with E-state index in [1.54, 1.807) is 12.1 Å². The molecule has 1 aliphatic rings. The molecule has 0 saturated carbocycles. The fourth-order valence-corrected chi connectivity index (χ4v) is 2.07. The molecule has 1 aliphatic carbocycles. The summed E-state index contributed by atoms with van der Waals surface area (Å²) in [5.41, 5.74) is 2.10. The molecular formula is C15H17NO2. The van der Waals surface area contributed by atoms with Gasteiger partial charge in [-0.3, -0.25) is 9.59 Å². The highest BCUT2D eigenvalue weighted by atomic mass is 16.2. The van der Waals surface area contributed by atoms with Crippen LogP contribution in [-0.4, -0.2) is 18.1 Å². The Balaban J connectivity index is 2.17. The Hall–Kier alpha value is -1.90. The first-order chi connectivity index (χ1) is 8.74. The van der Waals surface area contributed by atoms with E-state index >= 15 is 0 Å². The molecular weight excluding hydrogens is 226 g/mol. The molecule has 0 heterocycles. The smallest absolute Gasteiger partial charge is 0.233 e. The highest BCUT2D eigenvalue weighted by Crippen LogP contribution is 2.22. The van der Waals surface area contributed by atoms with E-state index in [1.165, 1.54) is 6.08 Å². The minimum absolute atomic E-state index is 0.412. The van der Waals surface area contributed by atoms with Crippen molar-refractivity contribution in [1.29, 1.82) is 0 Å². The lowest BCUT2D eigenvalue weighted by molar-refractivity contribution is -0.111. The predicted octanol–water partition coefficient (Wildman–Crippen LogP) is 2.57. The molecule has 1 N–H and O–H groups in total. The van der Waals surface area contributed by atoms with Gasteiger partial charge >= 0.3 is 0 Å². The van der Waals surface area contributed by atoms with Crippen molar-refractivity contribution >= 4 is 17.3 Å². The van der Waals surface area contributed by atoms with Crippen molar-refractivity contribution in [2.24, 2.45) is 0 Å². The second kappa shape index (κ2) is 5.63. The van der Waals surface area contributed by atoms with Gasteiger partial charge in [-0.15, -0.1) is 0 Å². The van der Waals surface area contributed by atoms with Crippen LogP contribution >= 0.6 is 0 Å². The first-order valence-corrected chi connectivity index (χ1v) is 6.37. The Morgan fingerprint density at radius 3 is 2.50 bits per heavy atom. The van der Waals surface area contributed by atoms with E-state index in [9.17, 15) is 9.59 Å². The predicted molar refractivity (Wildman–Crippen MR) is 71.3 cm³/mol. The quantitative estimate of drug-likeness (QED) is 0.638. The molecule has 0 spiro atoms. The van der Waals surface area contributed by atoms with Crippen molar-refractivity contribution in [3.8, 4) is 0 Å². The first kappa shape index (κ1) is 12.6. The summed E-state index contributed by atoms with van der Waals surface area (Å²) in [4.78, 5) is 23.3. The van der Waals surface area contributed by atoms with E-state index in [1.807, 2.05) is 12.1 Å². The zero-order valence-corrected chi connectivity index (χ0v) is 10.5. The van der Waals surface area contributed by atoms with Crippen LogP contribution < -0.4 is 5.32 Å². The van der Waals surface area contributed by atoms with E-state index in [4.69, 9.17) is 0 Å². The second-order valence-corrected chi connectivity index (χ2v) is 4.43. The van der Waals surface area contributed by atoms with Crippen molar-refractivity contribution in [2.45, 2.75) is 26.2 Å². The summed E-state index contributed by atoms with van der Waals surface area (Å²) in [6.45, 7) is 2.98. The third-order valence-electron chi connectivity index (χ3n) is 3.06. The van der Waals surface area contributed by atoms with Gasteiger partial charge in [-0.1, -0.05) is 44.0 Å². The van der Waals surface area contributed by atoms with Crippen LogP contribution in [-0.2, 0) is 4.79 Å². The number of benzene rings is 1. The van der Waals surface area contributed by atoms with Gasteiger partial charge in [-0.25, -0.2) is 0 Å². The molecule has 1 aromatic rings. The van der Waals surface area contributed by atoms with Crippen LogP contribution in [0, 0.1) is 0 Å². The monoisotopic (exact) mass is 243 g/mol. The lowest BCUT2D eigenvalue weighted by Crippen LogP contribution is -2.24. The van der Waals surface area contributed by atoms with Crippen LogP contribution in [0.2, 0.25) is 0 Å². The second-order valence-electron chi connectivity index (χ2n) is 4.43. The Labute approximate surface area is 107 Å². The Kier molecular flexibility index (Phi) is 3.92. The van der Waals surface area contributed by atoms with E-state index in [0.717, 1.165) is 37.1 Å². The van der Waals surface area contributed by atoms with Crippen LogP contribution in [0.5, 0.6) is 0 Å². The fourth-order valence-electron chi connectivity index (χ4n) is 2.07. The molecule has 2 rings (SSSR count). The number of nitrogens with one attached hydrogen (secondary N) is 1. The van der Waals surface area contributed by atoms with E-state index in [0.29, 0.717) is 5.56 Å². The molecule has 94 valence electrons. The van der Waals surface area contributed by atoms with Crippen molar-refractivity contribution in [2.75, 3.05) is 6.54 Å². The Morgan fingerprint density at radius 1 is 1.06 bits per heavy atom. The standard InChI is InChI=1S/C15H17NO2/c1-2-3-6-9-16-13-10-14(17)15(18)12-8-5-4-7-11(12)13/h4-5,7-8,10,16H,2-3,6,9H2,1H3. The zero-order valence-electron chi connectivity index (χ0n) is 10.5. The maximum atomic E-state index is 11.7. The molecule has 0 aliphatic heterocycles. The van der Waals surface area contributed by atoms with Crippen molar-refractivity contribution < 1.29 is 9.59 Å². The highest BCUT2D eigenvalue weighted by Gasteiger charge is 2.24. The van der Waals surface area contributed by atoms with Gasteiger partial charge in [-0.05, 0) is 6.42 Å². The van der Waals surface area contributed by atoms with Gasteiger partial charge in [0.15, 0.2) is 0 Å². The molecule has 0 radical (unpaired) electrons. The minimum Gasteiger partial charge on any atom is -0.384 e. The molecule has 0 aromatic heterocycles. The van der Waals surface area contributed by atoms with Gasteiger partial charge in [0, 0.05) is 29.4 Å². The number of rotatable bonds is 5. The molecule has 0 bridgehead atoms. The third-order valence-corrected chi connectivity index (χ3v) is 3.06. The Bertz CT molecular complexity index is 503. The molecule has 3 nitrogen and oxygen atoms in total. The molecule has 0 atom stereocenters. The van der Waals surface area contributed by atoms with E-state index in [2.05, 4.69) is 12.2 Å². The molecule has 18 heavy (non-hydrogen) atoms. The van der Waals surface area contributed by atoms with E-state index < -0.39 is 11.6 Å². The number of carbonyl (C=O) groups excluding carboxylic acids is 2. The average Bonchev–Trinajstić information content (AvgIpc) is 2.40.